The molecular weight excluding hydrogens is 305 g/mol. The Hall–Kier alpha value is -1.63. The molecule has 0 aromatic heterocycles. The fraction of sp³-hybridized carbons (Fsp3) is 0.273. The Morgan fingerprint density at radius 3 is 2.83 bits per heavy atom. The molecule has 18 heavy (non-hydrogen) atoms. The highest BCUT2D eigenvalue weighted by atomic mass is 79.9. The van der Waals surface area contributed by atoms with Crippen LogP contribution in [0.1, 0.15) is 6.92 Å². The van der Waals surface area contributed by atoms with Gasteiger partial charge in [0.15, 0.2) is 0 Å². The lowest BCUT2D eigenvalue weighted by Gasteiger charge is -2.34. The molecule has 7 heteroatoms. The molecule has 0 saturated carbocycles. The number of piperazine rings is 1. The monoisotopic (exact) mass is 315 g/mol. The van der Waals surface area contributed by atoms with Gasteiger partial charge in [-0.15, -0.1) is 0 Å². The van der Waals surface area contributed by atoms with Crippen LogP contribution in [0.5, 0.6) is 0 Å². The fourth-order valence-corrected chi connectivity index (χ4v) is 2.14. The van der Waals surface area contributed by atoms with E-state index in [2.05, 4.69) is 21.2 Å². The molecule has 0 radical (unpaired) electrons. The molecule has 5 nitrogen and oxygen atoms in total. The summed E-state index contributed by atoms with van der Waals surface area (Å²) in [7, 11) is 0. The van der Waals surface area contributed by atoms with Gasteiger partial charge in [-0.1, -0.05) is 0 Å². The predicted molar refractivity (Wildman–Crippen MR) is 68.5 cm³/mol. The van der Waals surface area contributed by atoms with Crippen molar-refractivity contribution in [3.63, 3.8) is 0 Å². The van der Waals surface area contributed by atoms with Crippen molar-refractivity contribution < 1.29 is 14.0 Å². The zero-order valence-electron chi connectivity index (χ0n) is 9.54. The molecule has 2 rings (SSSR count). The van der Waals surface area contributed by atoms with Crippen molar-refractivity contribution in [2.45, 2.75) is 13.0 Å². The van der Waals surface area contributed by atoms with Crippen molar-refractivity contribution in [2.24, 2.45) is 0 Å². The maximum absolute atomic E-state index is 13.3. The second-order valence-electron chi connectivity index (χ2n) is 4.04. The molecule has 1 aromatic rings. The van der Waals surface area contributed by atoms with Crippen LogP contribution in [0, 0.1) is 5.82 Å². The van der Waals surface area contributed by atoms with Gasteiger partial charge in [-0.2, -0.15) is 0 Å². The maximum atomic E-state index is 13.3. The number of hydrogen-bond acceptors (Lipinski definition) is 4. The molecule has 0 bridgehead atoms. The third-order valence-electron chi connectivity index (χ3n) is 2.80. The summed E-state index contributed by atoms with van der Waals surface area (Å²) in [5, 5.41) is 2.23. The number of imide groups is 1. The number of nitrogens with one attached hydrogen (secondary N) is 1. The van der Waals surface area contributed by atoms with Gasteiger partial charge in [0.25, 0.3) is 0 Å². The molecule has 1 aliphatic rings. The molecule has 1 fully saturated rings. The lowest BCUT2D eigenvalue weighted by molar-refractivity contribution is -0.132. The Morgan fingerprint density at radius 2 is 2.17 bits per heavy atom. The average Bonchev–Trinajstić information content (AvgIpc) is 2.29. The van der Waals surface area contributed by atoms with Crippen LogP contribution in [0.25, 0.3) is 0 Å². The second-order valence-corrected chi connectivity index (χ2v) is 4.90. The van der Waals surface area contributed by atoms with Crippen LogP contribution in [0.3, 0.4) is 0 Å². The van der Waals surface area contributed by atoms with Crippen molar-refractivity contribution in [1.29, 1.82) is 0 Å². The van der Waals surface area contributed by atoms with Crippen LogP contribution in [0.15, 0.2) is 16.6 Å². The van der Waals surface area contributed by atoms with E-state index in [-0.39, 0.29) is 16.7 Å². The summed E-state index contributed by atoms with van der Waals surface area (Å²) in [5.41, 5.74) is 6.37. The topological polar surface area (TPSA) is 75.4 Å². The van der Waals surface area contributed by atoms with Crippen molar-refractivity contribution >= 4 is 39.1 Å². The Bertz CT molecular complexity index is 535. The zero-order valence-corrected chi connectivity index (χ0v) is 11.1. The average molecular weight is 316 g/mol. The van der Waals surface area contributed by atoms with Crippen LogP contribution in [-0.4, -0.2) is 24.4 Å². The molecule has 3 N–H and O–H groups in total. The van der Waals surface area contributed by atoms with Gasteiger partial charge < -0.3 is 10.6 Å². The molecule has 1 saturated heterocycles. The molecule has 1 atom stereocenters. The number of nitrogens with two attached hydrogens (primary N) is 1. The zero-order chi connectivity index (χ0) is 13.4. The number of nitrogens with zero attached hydrogens (tertiary/aromatic N) is 1. The van der Waals surface area contributed by atoms with E-state index in [1.54, 1.807) is 11.8 Å². The Kier molecular flexibility index (Phi) is 3.25. The van der Waals surface area contributed by atoms with Gasteiger partial charge in [0.2, 0.25) is 11.8 Å². The van der Waals surface area contributed by atoms with Gasteiger partial charge in [0.1, 0.15) is 11.9 Å². The summed E-state index contributed by atoms with van der Waals surface area (Å²) in [6.45, 7) is 1.66. The van der Waals surface area contributed by atoms with Crippen molar-refractivity contribution in [3.05, 3.63) is 22.4 Å². The van der Waals surface area contributed by atoms with Gasteiger partial charge in [0.05, 0.1) is 22.4 Å². The summed E-state index contributed by atoms with van der Waals surface area (Å²) in [6.07, 6.45) is 0. The molecule has 1 aliphatic heterocycles. The molecule has 0 spiro atoms. The molecule has 2 amide bonds. The fourth-order valence-electron chi connectivity index (χ4n) is 1.81. The number of rotatable bonds is 1. The number of benzene rings is 1. The van der Waals surface area contributed by atoms with E-state index in [0.717, 1.165) is 6.07 Å². The summed E-state index contributed by atoms with van der Waals surface area (Å²) < 4.78 is 13.5. The second kappa shape index (κ2) is 4.56. The van der Waals surface area contributed by atoms with E-state index in [1.165, 1.54) is 6.07 Å². The van der Waals surface area contributed by atoms with Crippen LogP contribution >= 0.6 is 15.9 Å². The van der Waals surface area contributed by atoms with Crippen LogP contribution in [-0.2, 0) is 9.59 Å². The minimum Gasteiger partial charge on any atom is -0.397 e. The van der Waals surface area contributed by atoms with E-state index in [1.807, 2.05) is 0 Å². The number of amides is 2. The Morgan fingerprint density at radius 1 is 1.50 bits per heavy atom. The van der Waals surface area contributed by atoms with Crippen molar-refractivity contribution in [1.82, 2.24) is 5.32 Å². The number of nitrogen functional groups attached to an aromatic ring is 1. The van der Waals surface area contributed by atoms with Gasteiger partial charge in [-0.25, -0.2) is 4.39 Å². The highest BCUT2D eigenvalue weighted by molar-refractivity contribution is 9.10. The first-order valence-electron chi connectivity index (χ1n) is 5.25. The molecular formula is C11H11BrFN3O2. The number of carbonyl (C=O) groups is 2. The predicted octanol–water partition coefficient (Wildman–Crippen LogP) is 1.02. The molecule has 96 valence electrons. The van der Waals surface area contributed by atoms with Gasteiger partial charge >= 0.3 is 0 Å². The van der Waals surface area contributed by atoms with E-state index in [0.29, 0.717) is 5.69 Å². The Labute approximate surface area is 111 Å². The first-order chi connectivity index (χ1) is 8.40. The molecule has 1 unspecified atom stereocenters. The van der Waals surface area contributed by atoms with Crippen molar-refractivity contribution in [3.8, 4) is 0 Å². The third kappa shape index (κ3) is 2.17. The normalized spacial score (nSPS) is 19.9. The lowest BCUT2D eigenvalue weighted by Crippen LogP contribution is -2.57. The summed E-state index contributed by atoms with van der Waals surface area (Å²) in [4.78, 5) is 24.5. The standard InChI is InChI=1S/C11H11BrFN3O2/c1-5-11(18)15-10(17)4-16(5)9-2-6(12)7(13)3-8(9)14/h2-3,5H,4,14H2,1H3,(H,15,17,18). The van der Waals surface area contributed by atoms with Crippen LogP contribution < -0.4 is 16.0 Å². The van der Waals surface area contributed by atoms with E-state index in [9.17, 15) is 14.0 Å². The van der Waals surface area contributed by atoms with E-state index < -0.39 is 23.7 Å². The highest BCUT2D eigenvalue weighted by Gasteiger charge is 2.31. The largest absolute Gasteiger partial charge is 0.397 e. The van der Waals surface area contributed by atoms with Crippen molar-refractivity contribution in [2.75, 3.05) is 17.2 Å². The molecule has 1 aromatic carbocycles. The van der Waals surface area contributed by atoms with Crippen LogP contribution in [0.2, 0.25) is 0 Å². The summed E-state index contributed by atoms with van der Waals surface area (Å²) in [5.74, 6) is -1.29. The first-order valence-corrected chi connectivity index (χ1v) is 6.04. The van der Waals surface area contributed by atoms with Crippen LogP contribution in [0.4, 0.5) is 15.8 Å². The smallest absolute Gasteiger partial charge is 0.249 e. The number of anilines is 2. The number of carbonyl (C=O) groups excluding carboxylic acids is 2. The summed E-state index contributed by atoms with van der Waals surface area (Å²) >= 11 is 3.05. The van der Waals surface area contributed by atoms with Gasteiger partial charge in [-0.05, 0) is 28.9 Å². The SMILES string of the molecule is CC1C(=O)NC(=O)CN1c1cc(Br)c(F)cc1N. The third-order valence-corrected chi connectivity index (χ3v) is 3.41. The molecule has 1 heterocycles. The van der Waals surface area contributed by atoms with E-state index >= 15 is 0 Å². The maximum Gasteiger partial charge on any atom is 0.249 e. The number of halogens is 2. The number of hydrogen-bond donors (Lipinski definition) is 2. The quantitative estimate of drug-likeness (QED) is 0.599. The minimum absolute atomic E-state index is 0.00911. The first kappa shape index (κ1) is 12.8. The Balaban J connectivity index is 2.44. The summed E-state index contributed by atoms with van der Waals surface area (Å²) in [6, 6.07) is 2.08. The van der Waals surface area contributed by atoms with Gasteiger partial charge in [-0.3, -0.25) is 14.9 Å². The van der Waals surface area contributed by atoms with Gasteiger partial charge in [0, 0.05) is 6.07 Å². The minimum atomic E-state index is -0.539. The van der Waals surface area contributed by atoms with E-state index in [4.69, 9.17) is 5.73 Å². The highest BCUT2D eigenvalue weighted by Crippen LogP contribution is 2.31. The lowest BCUT2D eigenvalue weighted by atomic mass is 10.1. The molecule has 0 aliphatic carbocycles.